The fourth-order valence-electron chi connectivity index (χ4n) is 1.34. The molecule has 1 rings (SSSR count). The van der Waals surface area contributed by atoms with Gasteiger partial charge in [-0.15, -0.1) is 0 Å². The highest BCUT2D eigenvalue weighted by Crippen LogP contribution is 2.18. The highest BCUT2D eigenvalue weighted by Gasteiger charge is 2.22. The average Bonchev–Trinajstić information content (AvgIpc) is 2.66. The summed E-state index contributed by atoms with van der Waals surface area (Å²) in [4.78, 5) is 6.85. The van der Waals surface area contributed by atoms with Gasteiger partial charge in [0.1, 0.15) is 0 Å². The molecular weight excluding hydrogens is 206 g/mol. The van der Waals surface area contributed by atoms with Crippen molar-refractivity contribution in [3.05, 3.63) is 0 Å². The van der Waals surface area contributed by atoms with Gasteiger partial charge in [-0.1, -0.05) is 32.5 Å². The largest absolute Gasteiger partial charge is 0.361 e. The number of likely N-dealkylation sites (N-methyl/N-ethyl adjacent to an activating group) is 1. The van der Waals surface area contributed by atoms with E-state index in [1.54, 1.807) is 0 Å². The van der Waals surface area contributed by atoms with Crippen LogP contribution in [0.15, 0.2) is 4.99 Å². The summed E-state index contributed by atoms with van der Waals surface area (Å²) in [6, 6.07) is 0.609. The molecule has 0 aromatic heterocycles. The van der Waals surface area contributed by atoms with Gasteiger partial charge in [0, 0.05) is 18.3 Å². The third kappa shape index (κ3) is 4.43. The molecule has 4 heteroatoms. The average molecular weight is 229 g/mol. The summed E-state index contributed by atoms with van der Waals surface area (Å²) in [6.07, 6.45) is 0. The van der Waals surface area contributed by atoms with E-state index in [-0.39, 0.29) is 0 Å². The second-order valence-corrected chi connectivity index (χ2v) is 5.40. The first-order valence-corrected chi connectivity index (χ1v) is 6.74. The van der Waals surface area contributed by atoms with E-state index in [1.165, 1.54) is 5.75 Å². The van der Waals surface area contributed by atoms with E-state index in [1.807, 2.05) is 11.8 Å². The van der Waals surface area contributed by atoms with Crippen molar-refractivity contribution >= 4 is 16.9 Å². The molecule has 15 heavy (non-hydrogen) atoms. The Kier molecular flexibility index (Phi) is 5.47. The molecule has 0 bridgehead atoms. The first-order valence-electron chi connectivity index (χ1n) is 5.75. The molecule has 1 unspecified atom stereocenters. The lowest BCUT2D eigenvalue weighted by molar-refractivity contribution is 0.363. The zero-order chi connectivity index (χ0) is 11.3. The predicted molar refractivity (Wildman–Crippen MR) is 69.7 cm³/mol. The van der Waals surface area contributed by atoms with Crippen molar-refractivity contribution in [2.24, 2.45) is 10.9 Å². The van der Waals surface area contributed by atoms with Crippen molar-refractivity contribution in [1.82, 2.24) is 10.2 Å². The van der Waals surface area contributed by atoms with Crippen LogP contribution < -0.4 is 5.32 Å². The minimum Gasteiger partial charge on any atom is -0.361 e. The van der Waals surface area contributed by atoms with Crippen molar-refractivity contribution in [3.63, 3.8) is 0 Å². The van der Waals surface area contributed by atoms with Gasteiger partial charge in [0.15, 0.2) is 5.17 Å². The number of hydrogen-bond acceptors (Lipinski definition) is 3. The summed E-state index contributed by atoms with van der Waals surface area (Å²) in [5, 5.41) is 4.61. The summed E-state index contributed by atoms with van der Waals surface area (Å²) >= 11 is 1.86. The molecule has 0 aromatic rings. The van der Waals surface area contributed by atoms with Crippen LogP contribution in [-0.2, 0) is 0 Å². The van der Waals surface area contributed by atoms with Crippen LogP contribution in [0, 0.1) is 5.92 Å². The van der Waals surface area contributed by atoms with Crippen LogP contribution >= 0.6 is 11.8 Å². The van der Waals surface area contributed by atoms with E-state index in [4.69, 9.17) is 0 Å². The molecule has 1 atom stereocenters. The Labute approximate surface area is 97.7 Å². The smallest absolute Gasteiger partial charge is 0.156 e. The molecule has 1 saturated heterocycles. The summed E-state index contributed by atoms with van der Waals surface area (Å²) in [7, 11) is 2.13. The number of rotatable bonds is 5. The van der Waals surface area contributed by atoms with E-state index < -0.39 is 0 Å². The standard InChI is InChI=1S/C11H23N3S/c1-5-14(4)7-6-12-11-13-10(8-15-11)9(2)3/h9-10H,5-8H2,1-4H3,(H,12,13). The molecule has 0 amide bonds. The summed E-state index contributed by atoms with van der Waals surface area (Å²) < 4.78 is 0. The van der Waals surface area contributed by atoms with Crippen molar-refractivity contribution < 1.29 is 0 Å². The van der Waals surface area contributed by atoms with Gasteiger partial charge in [-0.3, -0.25) is 4.99 Å². The first-order chi connectivity index (χ1) is 7.13. The van der Waals surface area contributed by atoms with Crippen LogP contribution in [0.4, 0.5) is 0 Å². The number of nitrogens with zero attached hydrogens (tertiary/aromatic N) is 2. The van der Waals surface area contributed by atoms with Crippen LogP contribution in [0.2, 0.25) is 0 Å². The Morgan fingerprint density at radius 3 is 2.87 bits per heavy atom. The van der Waals surface area contributed by atoms with E-state index >= 15 is 0 Å². The predicted octanol–water partition coefficient (Wildman–Crippen LogP) is 1.66. The highest BCUT2D eigenvalue weighted by atomic mass is 32.2. The van der Waals surface area contributed by atoms with Crippen LogP contribution in [0.25, 0.3) is 0 Å². The molecule has 0 aliphatic carbocycles. The molecule has 1 aliphatic heterocycles. The van der Waals surface area contributed by atoms with Gasteiger partial charge < -0.3 is 10.2 Å². The molecule has 1 aliphatic rings. The molecule has 0 aromatic carbocycles. The molecule has 0 spiro atoms. The zero-order valence-corrected chi connectivity index (χ0v) is 11.1. The van der Waals surface area contributed by atoms with Gasteiger partial charge >= 0.3 is 0 Å². The lowest BCUT2D eigenvalue weighted by atomic mass is 10.1. The number of aliphatic imine (C=N–C) groups is 1. The summed E-state index contributed by atoms with van der Waals surface area (Å²) in [5.41, 5.74) is 0. The molecule has 1 heterocycles. The van der Waals surface area contributed by atoms with Gasteiger partial charge in [0.25, 0.3) is 0 Å². The second kappa shape index (κ2) is 6.38. The fourth-order valence-corrected chi connectivity index (χ4v) is 2.56. The molecule has 0 saturated carbocycles. The molecule has 1 N–H and O–H groups in total. The number of thioether (sulfide) groups is 1. The van der Waals surface area contributed by atoms with Gasteiger partial charge in [-0.05, 0) is 19.5 Å². The van der Waals surface area contributed by atoms with Crippen LogP contribution in [-0.4, -0.2) is 48.5 Å². The van der Waals surface area contributed by atoms with Gasteiger partial charge in [-0.25, -0.2) is 0 Å². The lowest BCUT2D eigenvalue weighted by Crippen LogP contribution is -2.32. The Hall–Kier alpha value is -0.220. The van der Waals surface area contributed by atoms with Crippen molar-refractivity contribution in [2.45, 2.75) is 26.8 Å². The van der Waals surface area contributed by atoms with E-state index in [9.17, 15) is 0 Å². The Morgan fingerprint density at radius 1 is 1.60 bits per heavy atom. The molecular formula is C11H23N3S. The van der Waals surface area contributed by atoms with E-state index in [0.717, 1.165) is 24.8 Å². The Morgan fingerprint density at radius 2 is 2.33 bits per heavy atom. The molecule has 3 nitrogen and oxygen atoms in total. The second-order valence-electron chi connectivity index (χ2n) is 4.39. The molecule has 88 valence electrons. The highest BCUT2D eigenvalue weighted by molar-refractivity contribution is 8.14. The minimum atomic E-state index is 0.609. The van der Waals surface area contributed by atoms with Crippen LogP contribution in [0.3, 0.4) is 0 Å². The monoisotopic (exact) mass is 229 g/mol. The maximum atomic E-state index is 4.57. The number of amidine groups is 1. The van der Waals surface area contributed by atoms with Crippen molar-refractivity contribution in [2.75, 3.05) is 32.4 Å². The van der Waals surface area contributed by atoms with Gasteiger partial charge in [0.2, 0.25) is 0 Å². The SMILES string of the molecule is CCN(C)CCN=C1NC(C(C)C)CS1. The first kappa shape index (κ1) is 12.8. The Balaban J connectivity index is 2.24. The normalized spacial score (nSPS) is 24.1. The van der Waals surface area contributed by atoms with Gasteiger partial charge in [0.05, 0.1) is 6.54 Å². The zero-order valence-electron chi connectivity index (χ0n) is 10.3. The van der Waals surface area contributed by atoms with Crippen molar-refractivity contribution in [3.8, 4) is 0 Å². The van der Waals surface area contributed by atoms with Crippen molar-refractivity contribution in [1.29, 1.82) is 0 Å². The maximum Gasteiger partial charge on any atom is 0.156 e. The van der Waals surface area contributed by atoms with Crippen LogP contribution in [0.1, 0.15) is 20.8 Å². The van der Waals surface area contributed by atoms with Gasteiger partial charge in [-0.2, -0.15) is 0 Å². The quantitative estimate of drug-likeness (QED) is 0.777. The number of nitrogens with one attached hydrogen (secondary N) is 1. The topological polar surface area (TPSA) is 27.6 Å². The Bertz CT molecular complexity index is 216. The van der Waals surface area contributed by atoms with Crippen LogP contribution in [0.5, 0.6) is 0 Å². The third-order valence-corrected chi connectivity index (χ3v) is 3.84. The number of hydrogen-bond donors (Lipinski definition) is 1. The maximum absolute atomic E-state index is 4.57. The summed E-state index contributed by atoms with van der Waals surface area (Å²) in [5.74, 6) is 1.86. The molecule has 1 fully saturated rings. The van der Waals surface area contributed by atoms with E-state index in [0.29, 0.717) is 12.0 Å². The minimum absolute atomic E-state index is 0.609. The lowest BCUT2D eigenvalue weighted by Gasteiger charge is -2.14. The fraction of sp³-hybridized carbons (Fsp3) is 0.909. The third-order valence-electron chi connectivity index (χ3n) is 2.79. The van der Waals surface area contributed by atoms with E-state index in [2.05, 4.69) is 43.0 Å². The summed E-state index contributed by atoms with van der Waals surface area (Å²) in [6.45, 7) is 9.74. The molecule has 0 radical (unpaired) electrons.